The summed E-state index contributed by atoms with van der Waals surface area (Å²) < 4.78 is 0. The average Bonchev–Trinajstić information content (AvgIpc) is 1.54. The quantitative estimate of drug-likeness (QED) is 0.554. The summed E-state index contributed by atoms with van der Waals surface area (Å²) in [6.07, 6.45) is -1.25. The van der Waals surface area contributed by atoms with Crippen LogP contribution in [0.15, 0.2) is 0 Å². The van der Waals surface area contributed by atoms with E-state index in [-0.39, 0.29) is 24.0 Å². The van der Waals surface area contributed by atoms with Crippen LogP contribution in [-0.2, 0) is 24.0 Å². The Morgan fingerprint density at radius 2 is 0.571 bits per heavy atom. The van der Waals surface area contributed by atoms with Gasteiger partial charge in [0.05, 0.1) is 0 Å². The van der Waals surface area contributed by atoms with Gasteiger partial charge in [0.2, 0.25) is 0 Å². The molecule has 0 rings (SSSR count). The molecule has 14 heavy (non-hydrogen) atoms. The van der Waals surface area contributed by atoms with Gasteiger partial charge in [-0.05, 0) is 0 Å². The van der Waals surface area contributed by atoms with Gasteiger partial charge in [0.1, 0.15) is 0 Å². The molecule has 0 aliphatic carbocycles. The van der Waals surface area contributed by atoms with Gasteiger partial charge >= 0.3 is 0 Å². The van der Waals surface area contributed by atoms with Gasteiger partial charge < -0.3 is 20.8 Å². The second-order valence-corrected chi connectivity index (χ2v) is 3.15. The molecule has 0 unspecified atom stereocenters. The van der Waals surface area contributed by atoms with E-state index in [4.69, 9.17) is 0 Å². The van der Waals surface area contributed by atoms with Crippen LogP contribution in [0.2, 0.25) is 0 Å². The summed E-state index contributed by atoms with van der Waals surface area (Å²) in [5.74, 6) is 0. The smallest absolute Gasteiger partial charge is 0 e. The van der Waals surface area contributed by atoms with Gasteiger partial charge in [0.15, 0.2) is 0 Å². The molecule has 91 valence electrons. The molecule has 5 heteroatoms. The van der Waals surface area contributed by atoms with E-state index in [9.17, 15) is 15.3 Å². The number of hydrogen-bond acceptors (Lipinski definition) is 3. The van der Waals surface area contributed by atoms with Crippen molar-refractivity contribution in [2.45, 2.75) is 59.9 Å². The molecule has 0 spiro atoms. The van der Waals surface area contributed by atoms with Gasteiger partial charge in [-0.3, -0.25) is 0 Å². The van der Waals surface area contributed by atoms with Crippen LogP contribution < -0.4 is 15.3 Å². The minimum absolute atomic E-state index is 0. The summed E-state index contributed by atoms with van der Waals surface area (Å²) >= 11 is 0. The Hall–Kier alpha value is 0.424. The van der Waals surface area contributed by atoms with Gasteiger partial charge in [-0.1, -0.05) is 41.5 Å². The number of rotatable bonds is 0. The molecule has 1 radical (unpaired) electrons. The maximum absolute atomic E-state index is 9.53. The van der Waals surface area contributed by atoms with E-state index in [1.54, 1.807) is 41.5 Å². The molecular weight excluding hydrogens is 223 g/mol. The van der Waals surface area contributed by atoms with Crippen molar-refractivity contribution >= 4 is 0 Å². The second kappa shape index (κ2) is 23.3. The van der Waals surface area contributed by atoms with Gasteiger partial charge in [-0.25, -0.2) is 0 Å². The van der Waals surface area contributed by atoms with Crippen LogP contribution in [0, 0.1) is 0 Å². The second-order valence-electron chi connectivity index (χ2n) is 3.15. The van der Waals surface area contributed by atoms with Gasteiger partial charge in [0, 0.05) is 18.6 Å². The van der Waals surface area contributed by atoms with Crippen molar-refractivity contribution in [1.82, 2.24) is 0 Å². The Bertz CT molecular complexity index is 45.3. The number of hydrogen-bond donors (Lipinski definition) is 0. The molecule has 0 amide bonds. The van der Waals surface area contributed by atoms with E-state index in [0.29, 0.717) is 0 Å². The molecule has 0 bridgehead atoms. The molecule has 0 aromatic heterocycles. The van der Waals surface area contributed by atoms with Crippen molar-refractivity contribution in [1.29, 1.82) is 0 Å². The minimum Gasteiger partial charge on any atom is -2.00 e. The van der Waals surface area contributed by atoms with Crippen molar-refractivity contribution in [3.8, 4) is 0 Å². The maximum Gasteiger partial charge on any atom is 0 e. The van der Waals surface area contributed by atoms with E-state index in [2.05, 4.69) is 0 Å². The summed E-state index contributed by atoms with van der Waals surface area (Å²) in [6, 6.07) is 0. The third-order valence-corrected chi connectivity index (χ3v) is 0. The van der Waals surface area contributed by atoms with Crippen LogP contribution in [0.4, 0.5) is 0 Å². The fraction of sp³-hybridized carbons (Fsp3) is 1.00. The molecular formula is C9H21O4V-5. The predicted octanol–water partition coefficient (Wildman–Crippen LogP) is -0.856. The van der Waals surface area contributed by atoms with Crippen LogP contribution in [0.1, 0.15) is 41.5 Å². The molecule has 0 atom stereocenters. The molecule has 0 aliphatic heterocycles. The van der Waals surface area contributed by atoms with E-state index in [1.165, 1.54) is 0 Å². The molecule has 0 N–H and O–H groups in total. The molecule has 0 saturated heterocycles. The van der Waals surface area contributed by atoms with Crippen molar-refractivity contribution in [2.24, 2.45) is 0 Å². The summed E-state index contributed by atoms with van der Waals surface area (Å²) in [4.78, 5) is 0. The molecule has 0 saturated carbocycles. The Morgan fingerprint density at radius 1 is 0.571 bits per heavy atom. The molecule has 0 heterocycles. The Labute approximate surface area is 99.5 Å². The zero-order chi connectivity index (χ0) is 10.7. The van der Waals surface area contributed by atoms with Crippen LogP contribution in [0.5, 0.6) is 0 Å². The monoisotopic (exact) mass is 244 g/mol. The molecule has 0 aromatic rings. The summed E-state index contributed by atoms with van der Waals surface area (Å²) in [6.45, 7) is 9.67. The summed E-state index contributed by atoms with van der Waals surface area (Å²) in [5, 5.41) is 28.6. The first-order valence-corrected chi connectivity index (χ1v) is 4.17. The third kappa shape index (κ3) is 9000. The zero-order valence-corrected chi connectivity index (χ0v) is 11.2. The summed E-state index contributed by atoms with van der Waals surface area (Å²) in [7, 11) is 0. The normalized spacial score (nSPS) is 7.71. The first kappa shape index (κ1) is 29.3. The van der Waals surface area contributed by atoms with Gasteiger partial charge in [0.25, 0.3) is 0 Å². The third-order valence-electron chi connectivity index (χ3n) is 0. The molecule has 0 aromatic carbocycles. The van der Waals surface area contributed by atoms with Crippen molar-refractivity contribution in [3.63, 3.8) is 0 Å². The molecule has 0 aliphatic rings. The van der Waals surface area contributed by atoms with Gasteiger partial charge in [-0.2, -0.15) is 0 Å². The predicted molar refractivity (Wildman–Crippen MR) is 46.1 cm³/mol. The van der Waals surface area contributed by atoms with E-state index < -0.39 is 18.3 Å². The van der Waals surface area contributed by atoms with Crippen LogP contribution >= 0.6 is 0 Å². The van der Waals surface area contributed by atoms with E-state index >= 15 is 0 Å². The van der Waals surface area contributed by atoms with Crippen LogP contribution in [0.25, 0.3) is 0 Å². The minimum atomic E-state index is -0.417. The standard InChI is InChI=1S/3C3H7O.O.V/c3*1-3(2)4;;/h3*3H,1-2H3;;/q3*-1;-2;. The Kier molecular flexibility index (Phi) is 48.8. The first-order valence-electron chi connectivity index (χ1n) is 4.17. The largest absolute Gasteiger partial charge is 2.00 e. The van der Waals surface area contributed by atoms with E-state index in [1.807, 2.05) is 0 Å². The van der Waals surface area contributed by atoms with E-state index in [0.717, 1.165) is 0 Å². The first-order chi connectivity index (χ1) is 5.20. The zero-order valence-electron chi connectivity index (χ0n) is 9.81. The topological polar surface area (TPSA) is 97.7 Å². The van der Waals surface area contributed by atoms with Gasteiger partial charge in [-0.15, -0.1) is 18.3 Å². The Balaban J connectivity index is -0.0000000270. The van der Waals surface area contributed by atoms with Crippen molar-refractivity contribution in [2.75, 3.05) is 0 Å². The van der Waals surface area contributed by atoms with Crippen LogP contribution in [0.3, 0.4) is 0 Å². The SMILES string of the molecule is CC(C)[O-].CC(C)[O-].CC(C)[O-].[O-2].[V]. The fourth-order valence-corrected chi connectivity index (χ4v) is 0. The van der Waals surface area contributed by atoms with Crippen LogP contribution in [-0.4, -0.2) is 18.3 Å². The maximum atomic E-state index is 9.53. The Morgan fingerprint density at radius 3 is 0.571 bits per heavy atom. The van der Waals surface area contributed by atoms with Crippen molar-refractivity contribution in [3.05, 3.63) is 0 Å². The van der Waals surface area contributed by atoms with Crippen molar-refractivity contribution < 1.29 is 39.4 Å². The summed E-state index contributed by atoms with van der Waals surface area (Å²) in [5.41, 5.74) is 0. The average molecular weight is 244 g/mol. The molecule has 0 fully saturated rings. The molecule has 4 nitrogen and oxygen atoms in total. The fourth-order valence-electron chi connectivity index (χ4n) is 0.